The van der Waals surface area contributed by atoms with Crippen molar-refractivity contribution in [2.75, 3.05) is 29.3 Å². The van der Waals surface area contributed by atoms with Crippen molar-refractivity contribution in [1.29, 1.82) is 0 Å². The molecule has 9 nitrogen and oxygen atoms in total. The zero-order valence-corrected chi connectivity index (χ0v) is 22.1. The highest BCUT2D eigenvalue weighted by Crippen LogP contribution is 2.36. The van der Waals surface area contributed by atoms with Gasteiger partial charge in [-0.3, -0.25) is 19.0 Å². The standard InChI is InChI=1S/C24H19Cl3N4O5S/c25-14-3-1-4-17(9-14)37(34,35)31-13-16(30-7-8-36-24(30)33)11-20-21(31)10-15(12-28-20)29-23(32)22-18(26)5-2-6-19(22)27/h1-6,9-10,12,16H,7-8,11,13H2,(H,29,32)/t16-/m1/s1. The molecule has 1 fully saturated rings. The van der Waals surface area contributed by atoms with E-state index in [0.29, 0.717) is 18.7 Å². The summed E-state index contributed by atoms with van der Waals surface area (Å²) < 4.78 is 33.8. The quantitative estimate of drug-likeness (QED) is 0.461. The molecule has 0 bridgehead atoms. The van der Waals surface area contributed by atoms with Crippen LogP contribution in [0.1, 0.15) is 16.1 Å². The van der Waals surface area contributed by atoms with Crippen molar-refractivity contribution in [3.8, 4) is 0 Å². The van der Waals surface area contributed by atoms with Crippen LogP contribution in [0.5, 0.6) is 0 Å². The van der Waals surface area contributed by atoms with Gasteiger partial charge in [0.05, 0.1) is 62.9 Å². The van der Waals surface area contributed by atoms with Gasteiger partial charge in [-0.25, -0.2) is 13.2 Å². The molecule has 2 aromatic carbocycles. The number of sulfonamides is 1. The first-order valence-corrected chi connectivity index (χ1v) is 13.7. The summed E-state index contributed by atoms with van der Waals surface area (Å²) in [5.41, 5.74) is 1.03. The predicted molar refractivity (Wildman–Crippen MR) is 140 cm³/mol. The number of carbonyl (C=O) groups is 2. The van der Waals surface area contributed by atoms with Crippen LogP contribution in [-0.4, -0.2) is 56.0 Å². The van der Waals surface area contributed by atoms with Gasteiger partial charge in [-0.05, 0) is 36.4 Å². The lowest BCUT2D eigenvalue weighted by atomic mass is 10.0. The van der Waals surface area contributed by atoms with Crippen LogP contribution in [0.15, 0.2) is 59.6 Å². The molecule has 0 unspecified atom stereocenters. The number of halogens is 3. The van der Waals surface area contributed by atoms with Crippen LogP contribution in [0.25, 0.3) is 0 Å². The van der Waals surface area contributed by atoms with E-state index in [0.717, 1.165) is 0 Å². The van der Waals surface area contributed by atoms with Gasteiger partial charge in [0.25, 0.3) is 15.9 Å². The van der Waals surface area contributed by atoms with E-state index in [1.807, 2.05) is 0 Å². The molecule has 1 N–H and O–H groups in total. The summed E-state index contributed by atoms with van der Waals surface area (Å²) in [4.78, 5) is 31.1. The zero-order chi connectivity index (χ0) is 26.3. The smallest absolute Gasteiger partial charge is 0.410 e. The summed E-state index contributed by atoms with van der Waals surface area (Å²) in [7, 11) is -4.11. The summed E-state index contributed by atoms with van der Waals surface area (Å²) in [6.07, 6.45) is 1.21. The van der Waals surface area contributed by atoms with E-state index < -0.39 is 28.1 Å². The zero-order valence-electron chi connectivity index (χ0n) is 19.0. The lowest BCUT2D eigenvalue weighted by Gasteiger charge is -2.37. The van der Waals surface area contributed by atoms with E-state index in [-0.39, 0.29) is 50.1 Å². The minimum atomic E-state index is -4.11. The maximum atomic E-state index is 13.8. The monoisotopic (exact) mass is 580 g/mol. The third-order valence-corrected chi connectivity index (χ3v) is 8.73. The minimum Gasteiger partial charge on any atom is -0.448 e. The molecule has 2 aliphatic rings. The molecule has 3 heterocycles. The lowest BCUT2D eigenvalue weighted by Crippen LogP contribution is -2.51. The number of aromatic nitrogens is 1. The molecule has 0 spiro atoms. The molecular weight excluding hydrogens is 563 g/mol. The van der Waals surface area contributed by atoms with Gasteiger partial charge in [0, 0.05) is 11.4 Å². The van der Waals surface area contributed by atoms with Gasteiger partial charge < -0.3 is 10.1 Å². The first-order valence-electron chi connectivity index (χ1n) is 11.1. The van der Waals surface area contributed by atoms with Crippen molar-refractivity contribution < 1.29 is 22.7 Å². The average molecular weight is 582 g/mol. The van der Waals surface area contributed by atoms with Crippen molar-refractivity contribution in [2.45, 2.75) is 17.4 Å². The van der Waals surface area contributed by atoms with Gasteiger partial charge in [-0.15, -0.1) is 0 Å². The number of cyclic esters (lactones) is 1. The fourth-order valence-electron chi connectivity index (χ4n) is 4.34. The van der Waals surface area contributed by atoms with E-state index >= 15 is 0 Å². The Morgan fingerprint density at radius 1 is 1.08 bits per heavy atom. The van der Waals surface area contributed by atoms with Crippen molar-refractivity contribution in [3.05, 3.63) is 81.1 Å². The molecule has 192 valence electrons. The number of rotatable bonds is 5. The maximum absolute atomic E-state index is 13.8. The SMILES string of the molecule is O=C(Nc1cnc2c(c1)N(S(=O)(=O)c1cccc(Cl)c1)C[C@H](N1CCOC1=O)C2)c1c(Cl)cccc1Cl. The summed E-state index contributed by atoms with van der Waals surface area (Å²) in [6, 6.07) is 11.6. The fourth-order valence-corrected chi connectivity index (χ4v) is 6.73. The first kappa shape index (κ1) is 25.6. The van der Waals surface area contributed by atoms with Crippen LogP contribution < -0.4 is 9.62 Å². The molecule has 2 amide bonds. The second-order valence-corrected chi connectivity index (χ2v) is 11.5. The van der Waals surface area contributed by atoms with Gasteiger partial charge in [-0.1, -0.05) is 46.9 Å². The van der Waals surface area contributed by atoms with E-state index in [1.165, 1.54) is 51.8 Å². The molecular formula is C24H19Cl3N4O5S. The number of pyridine rings is 1. The van der Waals surface area contributed by atoms with E-state index in [2.05, 4.69) is 10.3 Å². The van der Waals surface area contributed by atoms with Gasteiger partial charge in [0.15, 0.2) is 0 Å². The molecule has 2 aliphatic heterocycles. The molecule has 1 aromatic heterocycles. The highest BCUT2D eigenvalue weighted by molar-refractivity contribution is 7.92. The largest absolute Gasteiger partial charge is 0.448 e. The number of hydrogen-bond donors (Lipinski definition) is 1. The number of hydrogen-bond acceptors (Lipinski definition) is 6. The van der Waals surface area contributed by atoms with Gasteiger partial charge in [0.1, 0.15) is 6.61 Å². The summed E-state index contributed by atoms with van der Waals surface area (Å²) in [5.74, 6) is -0.574. The van der Waals surface area contributed by atoms with Crippen LogP contribution >= 0.6 is 34.8 Å². The number of anilines is 2. The Balaban J connectivity index is 1.54. The Kier molecular flexibility index (Phi) is 6.93. The topological polar surface area (TPSA) is 109 Å². The van der Waals surface area contributed by atoms with Crippen LogP contribution in [0.3, 0.4) is 0 Å². The molecule has 1 saturated heterocycles. The number of benzene rings is 2. The molecule has 0 aliphatic carbocycles. The number of amides is 2. The van der Waals surface area contributed by atoms with E-state index in [1.54, 1.807) is 12.1 Å². The molecule has 5 rings (SSSR count). The highest BCUT2D eigenvalue weighted by Gasteiger charge is 2.40. The minimum absolute atomic E-state index is 0.0205. The molecule has 13 heteroatoms. The predicted octanol–water partition coefficient (Wildman–Crippen LogP) is 4.87. The number of nitrogens with one attached hydrogen (secondary N) is 1. The van der Waals surface area contributed by atoms with Crippen molar-refractivity contribution in [1.82, 2.24) is 9.88 Å². The van der Waals surface area contributed by atoms with Crippen molar-refractivity contribution in [2.24, 2.45) is 0 Å². The summed E-state index contributed by atoms with van der Waals surface area (Å²) in [6.45, 7) is 0.537. The van der Waals surface area contributed by atoms with Crippen LogP contribution in [0, 0.1) is 0 Å². The Morgan fingerprint density at radius 2 is 1.81 bits per heavy atom. The third-order valence-electron chi connectivity index (χ3n) is 6.09. The van der Waals surface area contributed by atoms with Gasteiger partial charge >= 0.3 is 6.09 Å². The van der Waals surface area contributed by atoms with E-state index in [4.69, 9.17) is 39.5 Å². The summed E-state index contributed by atoms with van der Waals surface area (Å²) in [5, 5.41) is 3.28. The Hall–Kier alpha value is -3.05. The fraction of sp³-hybridized carbons (Fsp3) is 0.208. The average Bonchev–Trinajstić information content (AvgIpc) is 3.29. The lowest BCUT2D eigenvalue weighted by molar-refractivity contribution is 0.102. The molecule has 3 aromatic rings. The first-order chi connectivity index (χ1) is 17.6. The van der Waals surface area contributed by atoms with Crippen LogP contribution in [0.2, 0.25) is 15.1 Å². The van der Waals surface area contributed by atoms with Crippen molar-refractivity contribution in [3.63, 3.8) is 0 Å². The maximum Gasteiger partial charge on any atom is 0.410 e. The second-order valence-electron chi connectivity index (χ2n) is 8.40. The Morgan fingerprint density at radius 3 is 2.49 bits per heavy atom. The highest BCUT2D eigenvalue weighted by atomic mass is 35.5. The summed E-state index contributed by atoms with van der Waals surface area (Å²) >= 11 is 18.4. The Bertz CT molecular complexity index is 1500. The number of fused-ring (bicyclic) bond motifs is 1. The van der Waals surface area contributed by atoms with Crippen LogP contribution in [0.4, 0.5) is 16.2 Å². The molecule has 0 saturated carbocycles. The van der Waals surface area contributed by atoms with Crippen molar-refractivity contribution >= 4 is 68.2 Å². The van der Waals surface area contributed by atoms with Gasteiger partial charge in [-0.2, -0.15) is 0 Å². The molecule has 0 radical (unpaired) electrons. The Labute approximate surface area is 227 Å². The van der Waals surface area contributed by atoms with Crippen LogP contribution in [-0.2, 0) is 21.2 Å². The number of carbonyl (C=O) groups excluding carboxylic acids is 2. The number of nitrogens with zero attached hydrogens (tertiary/aromatic N) is 3. The van der Waals surface area contributed by atoms with Gasteiger partial charge in [0.2, 0.25) is 0 Å². The molecule has 1 atom stereocenters. The third kappa shape index (κ3) is 4.94. The second kappa shape index (κ2) is 10.0. The molecule has 37 heavy (non-hydrogen) atoms. The van der Waals surface area contributed by atoms with E-state index in [9.17, 15) is 18.0 Å². The normalized spacial score (nSPS) is 17.4. The number of ether oxygens (including phenoxy) is 1.